The maximum Gasteiger partial charge on any atom is 0.125 e. The van der Waals surface area contributed by atoms with Gasteiger partial charge >= 0.3 is 0 Å². The minimum atomic E-state index is -0.368. The van der Waals surface area contributed by atoms with Crippen molar-refractivity contribution < 1.29 is 8.78 Å². The highest BCUT2D eigenvalue weighted by atomic mass is 19.1. The fourth-order valence-corrected chi connectivity index (χ4v) is 2.78. The summed E-state index contributed by atoms with van der Waals surface area (Å²) in [5.41, 5.74) is 3.22. The van der Waals surface area contributed by atoms with Crippen molar-refractivity contribution in [3.8, 4) is 23.0 Å². The van der Waals surface area contributed by atoms with Crippen molar-refractivity contribution in [1.29, 1.82) is 5.26 Å². The highest BCUT2D eigenvalue weighted by molar-refractivity contribution is 5.94. The summed E-state index contributed by atoms with van der Waals surface area (Å²) in [6.07, 6.45) is 0. The van der Waals surface area contributed by atoms with E-state index in [2.05, 4.69) is 11.2 Å². The number of nitrogens with zero attached hydrogens (tertiary/aromatic N) is 3. The molecule has 5 heteroatoms. The Morgan fingerprint density at radius 3 is 2.20 bits per heavy atom. The van der Waals surface area contributed by atoms with Gasteiger partial charge in [0.05, 0.1) is 22.8 Å². The molecule has 4 rings (SSSR count). The van der Waals surface area contributed by atoms with Crippen molar-refractivity contribution in [3.05, 3.63) is 83.9 Å². The van der Waals surface area contributed by atoms with Crippen molar-refractivity contribution in [2.75, 3.05) is 0 Å². The molecule has 0 bridgehead atoms. The first-order valence-electron chi connectivity index (χ1n) is 7.60. The van der Waals surface area contributed by atoms with Crippen molar-refractivity contribution in [1.82, 2.24) is 9.78 Å². The number of nitriles is 1. The smallest absolute Gasteiger partial charge is 0.125 e. The molecule has 0 aliphatic heterocycles. The van der Waals surface area contributed by atoms with Crippen LogP contribution in [0.2, 0.25) is 0 Å². The fourth-order valence-electron chi connectivity index (χ4n) is 2.78. The van der Waals surface area contributed by atoms with Gasteiger partial charge in [-0.2, -0.15) is 10.4 Å². The van der Waals surface area contributed by atoms with Gasteiger partial charge in [-0.05, 0) is 60.7 Å². The number of fused-ring (bicyclic) bond motifs is 1. The predicted octanol–water partition coefficient (Wildman–Crippen LogP) is 4.84. The van der Waals surface area contributed by atoms with E-state index in [-0.39, 0.29) is 11.6 Å². The summed E-state index contributed by atoms with van der Waals surface area (Å²) in [4.78, 5) is 0. The third-order valence-corrected chi connectivity index (χ3v) is 4.00. The monoisotopic (exact) mass is 331 g/mol. The Balaban J connectivity index is 1.96. The van der Waals surface area contributed by atoms with Crippen LogP contribution < -0.4 is 0 Å². The van der Waals surface area contributed by atoms with Crippen molar-refractivity contribution in [3.63, 3.8) is 0 Å². The molecule has 0 amide bonds. The Hall–Kier alpha value is -3.52. The van der Waals surface area contributed by atoms with Crippen molar-refractivity contribution in [2.24, 2.45) is 0 Å². The second-order valence-electron chi connectivity index (χ2n) is 5.59. The number of benzene rings is 3. The van der Waals surface area contributed by atoms with Crippen LogP contribution in [0.5, 0.6) is 0 Å². The Bertz CT molecular complexity index is 1100. The van der Waals surface area contributed by atoms with Gasteiger partial charge in [0.1, 0.15) is 17.3 Å². The van der Waals surface area contributed by atoms with E-state index in [9.17, 15) is 8.78 Å². The Morgan fingerprint density at radius 2 is 1.52 bits per heavy atom. The van der Waals surface area contributed by atoms with Crippen LogP contribution in [-0.4, -0.2) is 9.78 Å². The molecule has 0 aliphatic rings. The maximum atomic E-state index is 13.8. The van der Waals surface area contributed by atoms with Crippen LogP contribution in [0, 0.1) is 23.0 Å². The molecule has 0 N–H and O–H groups in total. The summed E-state index contributed by atoms with van der Waals surface area (Å²) < 4.78 is 28.6. The average molecular weight is 331 g/mol. The molecule has 0 aliphatic carbocycles. The first-order valence-corrected chi connectivity index (χ1v) is 7.60. The fraction of sp³-hybridized carbons (Fsp3) is 0. The summed E-state index contributed by atoms with van der Waals surface area (Å²) >= 11 is 0. The van der Waals surface area contributed by atoms with Crippen LogP contribution in [-0.2, 0) is 0 Å². The highest BCUT2D eigenvalue weighted by Gasteiger charge is 2.14. The summed E-state index contributed by atoms with van der Waals surface area (Å²) in [6.45, 7) is 0. The van der Waals surface area contributed by atoms with Gasteiger partial charge in [0, 0.05) is 17.0 Å². The minimum Gasteiger partial charge on any atom is -0.232 e. The van der Waals surface area contributed by atoms with E-state index in [1.165, 1.54) is 24.3 Å². The Kier molecular flexibility index (Phi) is 3.51. The van der Waals surface area contributed by atoms with Crippen LogP contribution in [0.1, 0.15) is 5.56 Å². The quantitative estimate of drug-likeness (QED) is 0.527. The predicted molar refractivity (Wildman–Crippen MR) is 91.1 cm³/mol. The van der Waals surface area contributed by atoms with E-state index in [0.717, 1.165) is 10.9 Å². The number of rotatable bonds is 2. The summed E-state index contributed by atoms with van der Waals surface area (Å²) in [5.74, 6) is -0.696. The van der Waals surface area contributed by atoms with Crippen LogP contribution in [0.3, 0.4) is 0 Å². The summed E-state index contributed by atoms with van der Waals surface area (Å²) in [7, 11) is 0. The van der Waals surface area contributed by atoms with E-state index in [1.54, 1.807) is 47.1 Å². The van der Waals surface area contributed by atoms with E-state index >= 15 is 0 Å². The lowest BCUT2D eigenvalue weighted by molar-refractivity contribution is 0.628. The van der Waals surface area contributed by atoms with Crippen LogP contribution in [0.15, 0.2) is 66.7 Å². The average Bonchev–Trinajstić information content (AvgIpc) is 3.01. The SMILES string of the molecule is N#Cc1ccc(-n2nc(-c3ccc(F)cc3)c3ccc(F)cc32)cc1. The second-order valence-corrected chi connectivity index (χ2v) is 5.59. The zero-order valence-electron chi connectivity index (χ0n) is 12.9. The maximum absolute atomic E-state index is 13.8. The Morgan fingerprint density at radius 1 is 0.840 bits per heavy atom. The topological polar surface area (TPSA) is 41.6 Å². The van der Waals surface area contributed by atoms with E-state index < -0.39 is 0 Å². The first-order chi connectivity index (χ1) is 12.2. The molecule has 3 aromatic carbocycles. The van der Waals surface area contributed by atoms with E-state index in [1.807, 2.05) is 0 Å². The second kappa shape index (κ2) is 5.84. The van der Waals surface area contributed by atoms with Gasteiger partial charge in [0.2, 0.25) is 0 Å². The van der Waals surface area contributed by atoms with Gasteiger partial charge in [-0.1, -0.05) is 0 Å². The lowest BCUT2D eigenvalue weighted by Gasteiger charge is -2.03. The number of aromatic nitrogens is 2. The van der Waals surface area contributed by atoms with E-state index in [0.29, 0.717) is 22.5 Å². The lowest BCUT2D eigenvalue weighted by Crippen LogP contribution is -1.96. The zero-order chi connectivity index (χ0) is 17.4. The molecule has 0 saturated carbocycles. The van der Waals surface area contributed by atoms with Crippen LogP contribution in [0.4, 0.5) is 8.78 Å². The molecule has 1 heterocycles. The lowest BCUT2D eigenvalue weighted by atomic mass is 10.1. The van der Waals surface area contributed by atoms with Crippen LogP contribution >= 0.6 is 0 Å². The van der Waals surface area contributed by atoms with Gasteiger partial charge in [-0.25, -0.2) is 13.5 Å². The molecular weight excluding hydrogens is 320 g/mol. The van der Waals surface area contributed by atoms with Gasteiger partial charge in [-0.15, -0.1) is 0 Å². The van der Waals surface area contributed by atoms with Crippen LogP contribution in [0.25, 0.3) is 27.8 Å². The zero-order valence-corrected chi connectivity index (χ0v) is 12.9. The van der Waals surface area contributed by atoms with Gasteiger partial charge in [-0.3, -0.25) is 0 Å². The minimum absolute atomic E-state index is 0.328. The van der Waals surface area contributed by atoms with Crippen molar-refractivity contribution >= 4 is 10.9 Å². The molecule has 0 saturated heterocycles. The number of hydrogen-bond acceptors (Lipinski definition) is 2. The number of halogens is 2. The molecule has 0 atom stereocenters. The molecular formula is C20H11F2N3. The molecule has 4 aromatic rings. The third kappa shape index (κ3) is 2.64. The molecule has 3 nitrogen and oxygen atoms in total. The van der Waals surface area contributed by atoms with Crippen molar-refractivity contribution in [2.45, 2.75) is 0 Å². The molecule has 25 heavy (non-hydrogen) atoms. The third-order valence-electron chi connectivity index (χ3n) is 4.00. The van der Waals surface area contributed by atoms with Gasteiger partial charge < -0.3 is 0 Å². The number of hydrogen-bond donors (Lipinski definition) is 0. The highest BCUT2D eigenvalue weighted by Crippen LogP contribution is 2.30. The molecule has 0 spiro atoms. The molecule has 0 unspecified atom stereocenters. The Labute approximate surface area is 142 Å². The van der Waals surface area contributed by atoms with Gasteiger partial charge in [0.15, 0.2) is 0 Å². The largest absolute Gasteiger partial charge is 0.232 e. The first kappa shape index (κ1) is 15.0. The molecule has 120 valence electrons. The van der Waals surface area contributed by atoms with Gasteiger partial charge in [0.25, 0.3) is 0 Å². The summed E-state index contributed by atoms with van der Waals surface area (Å²) in [5, 5.41) is 14.3. The molecule has 0 radical (unpaired) electrons. The normalized spacial score (nSPS) is 10.8. The summed E-state index contributed by atoms with van der Waals surface area (Å²) in [6, 6.07) is 19.4. The van der Waals surface area contributed by atoms with E-state index in [4.69, 9.17) is 5.26 Å². The molecule has 0 fully saturated rings. The standard InChI is InChI=1S/C20H11F2N3/c21-15-5-3-14(4-6-15)20-18-10-7-16(22)11-19(18)25(24-20)17-8-1-13(12-23)2-9-17/h1-11H. The molecule has 1 aromatic heterocycles.